The van der Waals surface area contributed by atoms with Crippen LogP contribution in [0, 0.1) is 0 Å². The number of halogens is 1. The molecule has 1 aromatic rings. The van der Waals surface area contributed by atoms with Crippen LogP contribution in [0.4, 0.5) is 0 Å². The van der Waals surface area contributed by atoms with Crippen LogP contribution in [0.2, 0.25) is 0 Å². The first-order chi connectivity index (χ1) is 10.8. The monoisotopic (exact) mass is 321 g/mol. The molecule has 2 saturated heterocycles. The molecule has 0 aromatic heterocycles. The fourth-order valence-corrected chi connectivity index (χ4v) is 4.06. The van der Waals surface area contributed by atoms with E-state index in [4.69, 9.17) is 16.3 Å². The summed E-state index contributed by atoms with van der Waals surface area (Å²) in [4.78, 5) is 14.3. The Hall–Kier alpha value is -1.06. The Morgan fingerprint density at radius 3 is 2.50 bits per heavy atom. The third kappa shape index (κ3) is 3.82. The average molecular weight is 322 g/mol. The molecule has 0 spiro atoms. The zero-order chi connectivity index (χ0) is 15.4. The molecule has 3 nitrogen and oxygen atoms in total. The lowest BCUT2D eigenvalue weighted by atomic mass is 9.98. The highest BCUT2D eigenvalue weighted by molar-refractivity contribution is 6.18. The van der Waals surface area contributed by atoms with Gasteiger partial charge in [0.05, 0.1) is 6.42 Å². The van der Waals surface area contributed by atoms with E-state index in [0.717, 1.165) is 25.8 Å². The first kappa shape index (κ1) is 15.8. The van der Waals surface area contributed by atoms with Gasteiger partial charge in [-0.2, -0.15) is 0 Å². The van der Waals surface area contributed by atoms with Crippen LogP contribution >= 0.6 is 11.6 Å². The van der Waals surface area contributed by atoms with Crippen LogP contribution in [0.25, 0.3) is 0 Å². The molecule has 0 saturated carbocycles. The predicted octanol–water partition coefficient (Wildman–Crippen LogP) is 3.40. The molecular formula is C18H24ClNO2. The molecule has 2 aliphatic rings. The summed E-state index contributed by atoms with van der Waals surface area (Å²) < 4.78 is 5.57. The average Bonchev–Trinajstić information content (AvgIpc) is 2.76. The molecule has 0 amide bonds. The Labute approximate surface area is 137 Å². The number of carbonyl (C=O) groups is 1. The topological polar surface area (TPSA) is 29.5 Å². The van der Waals surface area contributed by atoms with Crippen LogP contribution in [0.5, 0.6) is 0 Å². The SMILES string of the molecule is O=C(CCCl)OC1C[C@H]2CC[C@H](C1)N2CCc1ccccc1. The van der Waals surface area contributed by atoms with Crippen LogP contribution in [-0.4, -0.2) is 41.5 Å². The Morgan fingerprint density at radius 1 is 1.18 bits per heavy atom. The molecule has 2 atom stereocenters. The third-order valence-electron chi connectivity index (χ3n) is 4.94. The zero-order valence-corrected chi connectivity index (χ0v) is 13.7. The van der Waals surface area contributed by atoms with Crippen molar-refractivity contribution in [3.05, 3.63) is 35.9 Å². The van der Waals surface area contributed by atoms with Gasteiger partial charge in [-0.1, -0.05) is 30.3 Å². The van der Waals surface area contributed by atoms with Gasteiger partial charge in [0.1, 0.15) is 6.10 Å². The summed E-state index contributed by atoms with van der Waals surface area (Å²) >= 11 is 5.60. The van der Waals surface area contributed by atoms with Gasteiger partial charge in [-0.15, -0.1) is 11.6 Å². The molecule has 2 heterocycles. The molecule has 2 bridgehead atoms. The van der Waals surface area contributed by atoms with Crippen molar-refractivity contribution in [2.45, 2.75) is 56.7 Å². The summed E-state index contributed by atoms with van der Waals surface area (Å²) in [6.45, 7) is 1.11. The van der Waals surface area contributed by atoms with Gasteiger partial charge in [0.25, 0.3) is 0 Å². The lowest BCUT2D eigenvalue weighted by Gasteiger charge is -2.38. The molecule has 2 fully saturated rings. The predicted molar refractivity (Wildman–Crippen MR) is 88.1 cm³/mol. The normalized spacial score (nSPS) is 27.8. The van der Waals surface area contributed by atoms with E-state index in [1.807, 2.05) is 0 Å². The van der Waals surface area contributed by atoms with E-state index in [1.54, 1.807) is 0 Å². The van der Waals surface area contributed by atoms with E-state index in [9.17, 15) is 4.79 Å². The summed E-state index contributed by atoms with van der Waals surface area (Å²) in [5.74, 6) is 0.207. The van der Waals surface area contributed by atoms with Crippen molar-refractivity contribution < 1.29 is 9.53 Å². The number of nitrogens with zero attached hydrogens (tertiary/aromatic N) is 1. The first-order valence-corrected chi connectivity index (χ1v) is 8.85. The van der Waals surface area contributed by atoms with E-state index in [-0.39, 0.29) is 12.1 Å². The Balaban J connectivity index is 1.51. The number of hydrogen-bond acceptors (Lipinski definition) is 3. The molecule has 1 aromatic carbocycles. The second kappa shape index (κ2) is 7.47. The van der Waals surface area contributed by atoms with Crippen LogP contribution in [0.15, 0.2) is 30.3 Å². The number of rotatable bonds is 6. The number of ether oxygens (including phenoxy) is 1. The summed E-state index contributed by atoms with van der Waals surface area (Å²) in [5.41, 5.74) is 1.40. The van der Waals surface area contributed by atoms with Gasteiger partial charge < -0.3 is 4.74 Å². The fourth-order valence-electron chi connectivity index (χ4n) is 3.91. The molecule has 3 rings (SSSR count). The van der Waals surface area contributed by atoms with Gasteiger partial charge in [-0.25, -0.2) is 0 Å². The van der Waals surface area contributed by atoms with Gasteiger partial charge in [0.15, 0.2) is 0 Å². The molecule has 2 aliphatic heterocycles. The van der Waals surface area contributed by atoms with Crippen molar-refractivity contribution in [2.75, 3.05) is 12.4 Å². The Morgan fingerprint density at radius 2 is 1.86 bits per heavy atom. The maximum absolute atomic E-state index is 11.6. The lowest BCUT2D eigenvalue weighted by Crippen LogP contribution is -2.46. The van der Waals surface area contributed by atoms with Gasteiger partial charge in [0.2, 0.25) is 0 Å². The van der Waals surface area contributed by atoms with Gasteiger partial charge in [-0.3, -0.25) is 9.69 Å². The van der Waals surface area contributed by atoms with Crippen LogP contribution in [-0.2, 0) is 16.0 Å². The van der Waals surface area contributed by atoms with Crippen LogP contribution in [0.3, 0.4) is 0 Å². The minimum atomic E-state index is -0.142. The van der Waals surface area contributed by atoms with E-state index < -0.39 is 0 Å². The number of alkyl halides is 1. The standard InChI is InChI=1S/C18H24ClNO2/c19-10-8-18(21)22-17-12-15-6-7-16(13-17)20(15)11-9-14-4-2-1-3-5-14/h1-5,15-17H,6-13H2/t15-,16-/m1/s1. The minimum absolute atomic E-state index is 0.0983. The highest BCUT2D eigenvalue weighted by atomic mass is 35.5. The van der Waals surface area contributed by atoms with Crippen LogP contribution < -0.4 is 0 Å². The number of piperidine rings is 1. The van der Waals surface area contributed by atoms with Crippen molar-refractivity contribution in [2.24, 2.45) is 0 Å². The molecule has 0 aliphatic carbocycles. The van der Waals surface area contributed by atoms with E-state index in [2.05, 4.69) is 35.2 Å². The molecule has 0 unspecified atom stereocenters. The van der Waals surface area contributed by atoms with Crippen molar-refractivity contribution >= 4 is 17.6 Å². The molecule has 22 heavy (non-hydrogen) atoms. The Bertz CT molecular complexity index is 479. The molecule has 120 valence electrons. The highest BCUT2D eigenvalue weighted by Gasteiger charge is 2.41. The smallest absolute Gasteiger partial charge is 0.307 e. The van der Waals surface area contributed by atoms with Crippen molar-refractivity contribution in [3.8, 4) is 0 Å². The van der Waals surface area contributed by atoms with Crippen LogP contribution in [0.1, 0.15) is 37.7 Å². The molecule has 4 heteroatoms. The van der Waals surface area contributed by atoms with E-state index in [0.29, 0.717) is 24.4 Å². The van der Waals surface area contributed by atoms with Gasteiger partial charge in [0, 0.05) is 37.4 Å². The van der Waals surface area contributed by atoms with Gasteiger partial charge >= 0.3 is 5.97 Å². The van der Waals surface area contributed by atoms with E-state index >= 15 is 0 Å². The van der Waals surface area contributed by atoms with Crippen molar-refractivity contribution in [3.63, 3.8) is 0 Å². The number of fused-ring (bicyclic) bond motifs is 2. The zero-order valence-electron chi connectivity index (χ0n) is 12.9. The summed E-state index contributed by atoms with van der Waals surface area (Å²) in [7, 11) is 0. The minimum Gasteiger partial charge on any atom is -0.462 e. The quantitative estimate of drug-likeness (QED) is 0.594. The number of esters is 1. The lowest BCUT2D eigenvalue weighted by molar-refractivity contribution is -0.152. The van der Waals surface area contributed by atoms with Gasteiger partial charge in [-0.05, 0) is 24.8 Å². The fraction of sp³-hybridized carbons (Fsp3) is 0.611. The Kier molecular flexibility index (Phi) is 5.37. The number of hydrogen-bond donors (Lipinski definition) is 0. The van der Waals surface area contributed by atoms with Crippen molar-refractivity contribution in [1.29, 1.82) is 0 Å². The number of benzene rings is 1. The highest BCUT2D eigenvalue weighted by Crippen LogP contribution is 2.37. The summed E-state index contributed by atoms with van der Waals surface area (Å²) in [6.07, 6.45) is 5.97. The van der Waals surface area contributed by atoms with Crippen molar-refractivity contribution in [1.82, 2.24) is 4.90 Å². The molecule has 0 N–H and O–H groups in total. The largest absolute Gasteiger partial charge is 0.462 e. The second-order valence-electron chi connectivity index (χ2n) is 6.38. The summed E-state index contributed by atoms with van der Waals surface area (Å²) in [6, 6.07) is 11.8. The summed E-state index contributed by atoms with van der Waals surface area (Å²) in [5, 5.41) is 0. The van der Waals surface area contributed by atoms with E-state index in [1.165, 1.54) is 18.4 Å². The third-order valence-corrected chi connectivity index (χ3v) is 5.13. The first-order valence-electron chi connectivity index (χ1n) is 8.31. The second-order valence-corrected chi connectivity index (χ2v) is 6.76. The maximum Gasteiger partial charge on any atom is 0.307 e. The number of carbonyl (C=O) groups excluding carboxylic acids is 1. The molecular weight excluding hydrogens is 298 g/mol. The maximum atomic E-state index is 11.6. The molecule has 0 radical (unpaired) electrons.